The molecule has 0 amide bonds. The first-order valence-electron chi connectivity index (χ1n) is 28.2. The molecule has 5 N–H and O–H groups in total. The molecule has 0 saturated heterocycles. The van der Waals surface area contributed by atoms with Crippen LogP contribution in [0.2, 0.25) is 0 Å². The van der Waals surface area contributed by atoms with Crippen molar-refractivity contribution in [2.75, 3.05) is 52.4 Å². The number of nitrogens with zero attached hydrogens (tertiary/aromatic N) is 8. The quantitative estimate of drug-likeness (QED) is 0.0487. The van der Waals surface area contributed by atoms with E-state index in [1.54, 1.807) is 38.2 Å². The fourth-order valence-electron chi connectivity index (χ4n) is 11.3. The number of hydrogen-bond donors (Lipinski definition) is 5. The molecular weight excluding hydrogens is 1110 g/mol. The Morgan fingerprint density at radius 2 is 0.885 bits per heavy atom. The van der Waals surface area contributed by atoms with Gasteiger partial charge in [-0.1, -0.05) is 118 Å². The average molecular weight is 1230 g/mol. The number of carbonyl (C=O) groups excluding carboxylic acids is 2. The van der Waals surface area contributed by atoms with Gasteiger partial charge in [-0.3, -0.25) is 9.59 Å². The maximum Gasteiger partial charge on any atom is 0.360 e. The monoisotopic (exact) mass is 1230 g/mol. The summed E-state index contributed by atoms with van der Waals surface area (Å²) in [4.78, 5) is 77.5. The number of benzene rings is 1. The zero-order valence-corrected chi connectivity index (χ0v) is 49.0. The SMILES string of the molecule is C.C.C.C.C.C.C.CC(=O)C[N+]1(CC(=O)O)C=C[N+](CC2CCC(C(C)C)C2)=C1.CC(=O)C[n+]1ccn(C(C)C)c1.CC(C)C1CCC(C[N+]2=C[N+](CC(=O)O)(CC(=O)O)C=C2)CC1.CC(C)c1ccc(C[N+]2=C[N+](CC(=O)O)(CC(=O)O)C=C2)cc1. The van der Waals surface area contributed by atoms with Crippen molar-refractivity contribution < 1.29 is 90.8 Å². The lowest BCUT2D eigenvalue weighted by Gasteiger charge is -2.29. The van der Waals surface area contributed by atoms with Crippen LogP contribution in [0.4, 0.5) is 0 Å². The fourth-order valence-corrected chi connectivity index (χ4v) is 11.3. The van der Waals surface area contributed by atoms with E-state index in [1.165, 1.54) is 57.4 Å². The number of hydrogen-bond acceptors (Lipinski definition) is 7. The predicted molar refractivity (Wildman–Crippen MR) is 348 cm³/mol. The van der Waals surface area contributed by atoms with Gasteiger partial charge in [0.1, 0.15) is 18.9 Å². The van der Waals surface area contributed by atoms with Crippen molar-refractivity contribution in [1.29, 1.82) is 0 Å². The Kier molecular flexibility index (Phi) is 39.8. The molecule has 2 fully saturated rings. The molecule has 5 aliphatic rings. The summed E-state index contributed by atoms with van der Waals surface area (Å²) in [5, 5.41) is 45.3. The van der Waals surface area contributed by atoms with Gasteiger partial charge in [-0.15, -0.1) is 4.58 Å². The molecule has 0 radical (unpaired) electrons. The molecular formula is C67H121N8O12+7. The molecule has 7 rings (SSSR count). The Morgan fingerprint density at radius 3 is 1.24 bits per heavy atom. The summed E-state index contributed by atoms with van der Waals surface area (Å²) in [5.74, 6) is 0.0887. The van der Waals surface area contributed by atoms with Crippen LogP contribution in [0, 0.1) is 35.5 Å². The van der Waals surface area contributed by atoms with Gasteiger partial charge in [-0.2, -0.15) is 22.6 Å². The summed E-state index contributed by atoms with van der Waals surface area (Å²) in [6, 6.07) is 8.70. The van der Waals surface area contributed by atoms with Gasteiger partial charge in [-0.25, -0.2) is 33.1 Å². The number of imidazole rings is 1. The van der Waals surface area contributed by atoms with Crippen molar-refractivity contribution in [3.63, 3.8) is 0 Å². The highest BCUT2D eigenvalue weighted by molar-refractivity contribution is 5.79. The van der Waals surface area contributed by atoms with Crippen LogP contribution in [0.5, 0.6) is 0 Å². The van der Waals surface area contributed by atoms with Gasteiger partial charge in [0.2, 0.25) is 24.9 Å². The highest BCUT2D eigenvalue weighted by atomic mass is 16.4. The van der Waals surface area contributed by atoms with E-state index in [0.717, 1.165) is 42.3 Å². The van der Waals surface area contributed by atoms with Crippen molar-refractivity contribution in [1.82, 2.24) is 4.57 Å². The number of aromatic nitrogens is 2. The van der Waals surface area contributed by atoms with E-state index < -0.39 is 29.8 Å². The number of ketones is 2. The largest absolute Gasteiger partial charge is 0.477 e. The Morgan fingerprint density at radius 1 is 0.506 bits per heavy atom. The van der Waals surface area contributed by atoms with E-state index in [2.05, 4.69) is 76.7 Å². The number of carboxylic acids is 5. The summed E-state index contributed by atoms with van der Waals surface area (Å²) in [7, 11) is 0. The molecule has 494 valence electrons. The zero-order valence-electron chi connectivity index (χ0n) is 49.0. The van der Waals surface area contributed by atoms with Crippen LogP contribution in [0.1, 0.15) is 189 Å². The first kappa shape index (κ1) is 86.7. The highest BCUT2D eigenvalue weighted by Crippen LogP contribution is 2.36. The third kappa shape index (κ3) is 29.7. The Labute approximate surface area is 524 Å². The summed E-state index contributed by atoms with van der Waals surface area (Å²) < 4.78 is 9.60. The predicted octanol–water partition coefficient (Wildman–Crippen LogP) is 11.3. The number of carbonyl (C=O) groups is 7. The smallest absolute Gasteiger partial charge is 0.360 e. The minimum absolute atomic E-state index is 0. The van der Waals surface area contributed by atoms with Crippen LogP contribution in [0.3, 0.4) is 0 Å². The van der Waals surface area contributed by atoms with Gasteiger partial charge < -0.3 is 25.5 Å². The molecule has 1 aromatic heterocycles. The number of Topliss-reactive ketones (excluding diaryl/α,β-unsaturated/α-hetero) is 2. The van der Waals surface area contributed by atoms with Crippen molar-refractivity contribution in [3.05, 3.63) is 91.3 Å². The minimum atomic E-state index is -1.03. The molecule has 2 saturated carbocycles. The molecule has 0 spiro atoms. The molecule has 0 bridgehead atoms. The van der Waals surface area contributed by atoms with Crippen molar-refractivity contribution in [2.24, 2.45) is 35.5 Å². The van der Waals surface area contributed by atoms with Crippen LogP contribution in [-0.2, 0) is 46.7 Å². The molecule has 2 aliphatic carbocycles. The molecule has 20 heteroatoms. The maximum atomic E-state index is 11.5. The van der Waals surface area contributed by atoms with Gasteiger partial charge in [0.15, 0.2) is 89.1 Å². The van der Waals surface area contributed by atoms with Crippen LogP contribution < -0.4 is 4.57 Å². The average Bonchev–Trinajstić information content (AvgIpc) is 3.73. The Balaban J connectivity index is -0.000000524. The van der Waals surface area contributed by atoms with Crippen molar-refractivity contribution >= 4 is 60.4 Å². The standard InChI is InChI=1S/C17H26N2O4.C17H20N2O4.C17H27N2O3.C9H15N2O.7CH4/c2*1-13(2)15-5-3-14(4-6-15)9-18-7-8-19(12-18,10-16(20)21)11-17(22)23;1-13(2)16-5-4-15(8-16)9-18-6-7-19(12-18,10-14(3)20)11-17(21)22;1-8(2)11-5-4-10(7-11)6-9(3)12;;;;;;;/h7-8,12-15H,3-6,9-11H2,1-2H3;3-8,12-13H,9-11H2,1-2H3;6-7,12-13,15-16H,4-5,8-11H2,1-3H3;4-5,7-8H,6H2,1-3H3;7*1H4/q;;2*+1;;;;;;;/p+5. The third-order valence-electron chi connectivity index (χ3n) is 15.5. The fraction of sp³-hybridized carbons (Fsp3) is 0.627. The highest BCUT2D eigenvalue weighted by Gasteiger charge is 2.42. The van der Waals surface area contributed by atoms with Crippen LogP contribution >= 0.6 is 0 Å². The molecule has 87 heavy (non-hydrogen) atoms. The molecule has 3 atom stereocenters. The number of rotatable bonds is 24. The Bertz CT molecular complexity index is 2620. The van der Waals surface area contributed by atoms with E-state index in [9.17, 15) is 33.6 Å². The van der Waals surface area contributed by atoms with E-state index in [1.807, 2.05) is 69.5 Å². The van der Waals surface area contributed by atoms with Crippen LogP contribution in [-0.4, -0.2) is 170 Å². The van der Waals surface area contributed by atoms with Gasteiger partial charge >= 0.3 is 48.9 Å². The molecule has 2 aromatic rings. The van der Waals surface area contributed by atoms with Gasteiger partial charge in [0, 0.05) is 24.3 Å². The lowest BCUT2D eigenvalue weighted by Crippen LogP contribution is -2.48. The van der Waals surface area contributed by atoms with E-state index in [-0.39, 0.29) is 116 Å². The van der Waals surface area contributed by atoms with Crippen LogP contribution in [0.15, 0.2) is 80.2 Å². The second-order valence-corrected chi connectivity index (χ2v) is 24.2. The molecule has 3 unspecified atom stereocenters. The van der Waals surface area contributed by atoms with Crippen LogP contribution in [0.25, 0.3) is 0 Å². The zero-order chi connectivity index (χ0) is 59.5. The number of carboxylic acid groups (broad SMARTS) is 5. The maximum absolute atomic E-state index is 11.5. The lowest BCUT2D eigenvalue weighted by atomic mass is 9.77. The van der Waals surface area contributed by atoms with E-state index in [0.29, 0.717) is 36.9 Å². The summed E-state index contributed by atoms with van der Waals surface area (Å²) in [6.45, 7) is 22.6. The molecule has 4 heterocycles. The van der Waals surface area contributed by atoms with E-state index >= 15 is 0 Å². The van der Waals surface area contributed by atoms with E-state index in [4.69, 9.17) is 25.5 Å². The first-order valence-corrected chi connectivity index (χ1v) is 28.2. The summed E-state index contributed by atoms with van der Waals surface area (Å²) in [6.07, 6.45) is 30.5. The Hall–Kier alpha value is -6.77. The molecule has 1 aromatic carbocycles. The van der Waals surface area contributed by atoms with Crippen molar-refractivity contribution in [3.8, 4) is 0 Å². The lowest BCUT2D eigenvalue weighted by molar-refractivity contribution is -0.775. The summed E-state index contributed by atoms with van der Waals surface area (Å²) in [5.41, 5.74) is 2.34. The topological polar surface area (TPSA) is 238 Å². The minimum Gasteiger partial charge on any atom is -0.477 e. The van der Waals surface area contributed by atoms with Gasteiger partial charge in [0.05, 0.1) is 6.04 Å². The normalized spacial score (nSPS) is 20.4. The summed E-state index contributed by atoms with van der Waals surface area (Å²) >= 11 is 0. The van der Waals surface area contributed by atoms with Crippen molar-refractivity contribution in [2.45, 2.75) is 191 Å². The molecule has 3 aliphatic heterocycles. The van der Waals surface area contributed by atoms with Gasteiger partial charge in [0.25, 0.3) is 0 Å². The number of aliphatic carboxylic acids is 5. The number of quaternary nitrogens is 3. The van der Waals surface area contributed by atoms with Gasteiger partial charge in [-0.05, 0) is 101 Å². The second-order valence-electron chi connectivity index (χ2n) is 24.2. The second kappa shape index (κ2) is 39.9. The molecule has 20 nitrogen and oxygen atoms in total. The third-order valence-corrected chi connectivity index (χ3v) is 15.5. The first-order chi connectivity index (χ1) is 37.5.